The molecule has 0 saturated carbocycles. The molecule has 0 aliphatic carbocycles. The first-order valence-electron chi connectivity index (χ1n) is 5.91. The molecule has 0 amide bonds. The van der Waals surface area contributed by atoms with Gasteiger partial charge in [-0.1, -0.05) is 5.21 Å². The number of nitrogens with two attached hydrogens (primary N) is 2. The highest BCUT2D eigenvalue weighted by Gasteiger charge is 2.14. The van der Waals surface area contributed by atoms with Crippen LogP contribution in [0.5, 0.6) is 0 Å². The van der Waals surface area contributed by atoms with E-state index in [0.717, 1.165) is 5.56 Å². The summed E-state index contributed by atoms with van der Waals surface area (Å²) in [5, 5.41) is 16.5. The van der Waals surface area contributed by atoms with Crippen LogP contribution in [0, 0.1) is 6.92 Å². The van der Waals surface area contributed by atoms with Crippen LogP contribution in [-0.2, 0) is 17.8 Å². The summed E-state index contributed by atoms with van der Waals surface area (Å²) in [5.41, 5.74) is 12.4. The first kappa shape index (κ1) is 13.9. The van der Waals surface area contributed by atoms with Crippen molar-refractivity contribution < 1.29 is 9.90 Å². The molecule has 0 fully saturated rings. The van der Waals surface area contributed by atoms with Crippen LogP contribution >= 0.6 is 0 Å². The fourth-order valence-corrected chi connectivity index (χ4v) is 1.63. The Hall–Kier alpha value is -2.55. The summed E-state index contributed by atoms with van der Waals surface area (Å²) in [6, 6.07) is -0.993. The van der Waals surface area contributed by atoms with E-state index in [2.05, 4.69) is 20.3 Å². The summed E-state index contributed by atoms with van der Waals surface area (Å²) in [6.07, 6.45) is 3.37. The fourth-order valence-electron chi connectivity index (χ4n) is 1.63. The number of hydrogen-bond acceptors (Lipinski definition) is 7. The zero-order valence-electron chi connectivity index (χ0n) is 10.9. The van der Waals surface area contributed by atoms with Gasteiger partial charge in [0.1, 0.15) is 17.7 Å². The molecular weight excluding hydrogens is 262 g/mol. The minimum Gasteiger partial charge on any atom is -0.480 e. The molecule has 2 heterocycles. The maximum Gasteiger partial charge on any atom is 0.320 e. The Morgan fingerprint density at radius 2 is 2.30 bits per heavy atom. The third kappa shape index (κ3) is 3.26. The van der Waals surface area contributed by atoms with Gasteiger partial charge in [-0.15, -0.1) is 5.10 Å². The van der Waals surface area contributed by atoms with Crippen LogP contribution in [0.15, 0.2) is 12.4 Å². The molecular formula is C11H15N7O2. The number of rotatable bonds is 5. The third-order valence-corrected chi connectivity index (χ3v) is 2.68. The minimum absolute atomic E-state index is 0.120. The van der Waals surface area contributed by atoms with Gasteiger partial charge in [0, 0.05) is 24.4 Å². The lowest BCUT2D eigenvalue weighted by molar-refractivity contribution is -0.138. The molecule has 0 bridgehead atoms. The van der Waals surface area contributed by atoms with Gasteiger partial charge >= 0.3 is 5.97 Å². The first-order valence-corrected chi connectivity index (χ1v) is 5.91. The molecule has 20 heavy (non-hydrogen) atoms. The lowest BCUT2D eigenvalue weighted by Crippen LogP contribution is -2.32. The number of carboxylic acids is 1. The molecule has 0 aliphatic heterocycles. The highest BCUT2D eigenvalue weighted by atomic mass is 16.4. The predicted octanol–water partition coefficient (Wildman–Crippen LogP) is -1.04. The molecule has 0 spiro atoms. The van der Waals surface area contributed by atoms with E-state index in [1.54, 1.807) is 19.3 Å². The van der Waals surface area contributed by atoms with Crippen LogP contribution in [0.25, 0.3) is 0 Å². The summed E-state index contributed by atoms with van der Waals surface area (Å²) in [7, 11) is 0. The Morgan fingerprint density at radius 3 is 2.95 bits per heavy atom. The van der Waals surface area contributed by atoms with Crippen molar-refractivity contribution in [2.75, 3.05) is 5.73 Å². The van der Waals surface area contributed by atoms with Gasteiger partial charge in [-0.25, -0.2) is 14.6 Å². The summed E-state index contributed by atoms with van der Waals surface area (Å²) in [5.74, 6) is -0.0922. The molecule has 9 heteroatoms. The summed E-state index contributed by atoms with van der Waals surface area (Å²) in [6.45, 7) is 2.11. The second kappa shape index (κ2) is 5.61. The summed E-state index contributed by atoms with van der Waals surface area (Å²) in [4.78, 5) is 18.8. The molecule has 1 unspecified atom stereocenters. The number of nitrogen functional groups attached to an aromatic ring is 1. The van der Waals surface area contributed by atoms with Crippen molar-refractivity contribution in [3.8, 4) is 0 Å². The quantitative estimate of drug-likeness (QED) is 0.628. The zero-order valence-corrected chi connectivity index (χ0v) is 10.9. The SMILES string of the molecule is Cc1ncc(Cn2cc(CC(N)C(=O)O)nn2)c(N)n1. The Balaban J connectivity index is 2.07. The smallest absolute Gasteiger partial charge is 0.320 e. The average molecular weight is 277 g/mol. The average Bonchev–Trinajstić information content (AvgIpc) is 2.80. The number of aromatic nitrogens is 5. The van der Waals surface area contributed by atoms with Crippen molar-refractivity contribution in [1.82, 2.24) is 25.0 Å². The Bertz CT molecular complexity index is 625. The van der Waals surface area contributed by atoms with Gasteiger partial charge in [0.25, 0.3) is 0 Å². The van der Waals surface area contributed by atoms with Crippen molar-refractivity contribution in [1.29, 1.82) is 0 Å². The van der Waals surface area contributed by atoms with Crippen molar-refractivity contribution in [3.63, 3.8) is 0 Å². The van der Waals surface area contributed by atoms with Gasteiger partial charge in [0.15, 0.2) is 0 Å². The molecule has 0 aromatic carbocycles. The molecule has 5 N–H and O–H groups in total. The molecule has 0 aliphatic rings. The number of aliphatic carboxylic acids is 1. The molecule has 2 aromatic rings. The van der Waals surface area contributed by atoms with Crippen LogP contribution in [0.3, 0.4) is 0 Å². The number of hydrogen-bond donors (Lipinski definition) is 3. The van der Waals surface area contributed by atoms with Crippen molar-refractivity contribution in [2.45, 2.75) is 25.9 Å². The zero-order chi connectivity index (χ0) is 14.7. The minimum atomic E-state index is -1.07. The number of carbonyl (C=O) groups is 1. The molecule has 106 valence electrons. The maximum atomic E-state index is 10.7. The van der Waals surface area contributed by atoms with Gasteiger partial charge in [-0.3, -0.25) is 4.79 Å². The number of anilines is 1. The van der Waals surface area contributed by atoms with Crippen LogP contribution < -0.4 is 11.5 Å². The van der Waals surface area contributed by atoms with Gasteiger partial charge in [-0.05, 0) is 6.92 Å². The van der Waals surface area contributed by atoms with Crippen LogP contribution in [0.1, 0.15) is 17.1 Å². The van der Waals surface area contributed by atoms with E-state index >= 15 is 0 Å². The Kier molecular flexibility index (Phi) is 3.89. The van der Waals surface area contributed by atoms with E-state index in [4.69, 9.17) is 16.6 Å². The van der Waals surface area contributed by atoms with Crippen molar-refractivity contribution >= 4 is 11.8 Å². The van der Waals surface area contributed by atoms with Gasteiger partial charge in [0.05, 0.1) is 12.2 Å². The standard InChI is InChI=1S/C11H15N7O2/c1-6-14-3-7(10(13)15-6)4-18-5-8(16-17-18)2-9(12)11(19)20/h3,5,9H,2,4,12H2,1H3,(H,19,20)(H2,13,14,15). The largest absolute Gasteiger partial charge is 0.480 e. The highest BCUT2D eigenvalue weighted by molar-refractivity contribution is 5.73. The monoisotopic (exact) mass is 277 g/mol. The number of aryl methyl sites for hydroxylation is 1. The molecule has 2 rings (SSSR count). The van der Waals surface area contributed by atoms with E-state index in [9.17, 15) is 4.79 Å². The normalized spacial score (nSPS) is 12.3. The Labute approximate surface area is 114 Å². The van der Waals surface area contributed by atoms with E-state index < -0.39 is 12.0 Å². The second-order valence-corrected chi connectivity index (χ2v) is 4.38. The topological polar surface area (TPSA) is 146 Å². The van der Waals surface area contributed by atoms with Crippen molar-refractivity contribution in [2.24, 2.45) is 5.73 Å². The molecule has 0 saturated heterocycles. The lowest BCUT2D eigenvalue weighted by atomic mass is 10.2. The number of carboxylic acid groups (broad SMARTS) is 1. The van der Waals surface area contributed by atoms with Gasteiger partial charge < -0.3 is 16.6 Å². The number of nitrogens with zero attached hydrogens (tertiary/aromatic N) is 5. The molecule has 2 aromatic heterocycles. The van der Waals surface area contributed by atoms with Crippen LogP contribution in [-0.4, -0.2) is 42.1 Å². The Morgan fingerprint density at radius 1 is 1.55 bits per heavy atom. The molecule has 1 atom stereocenters. The highest BCUT2D eigenvalue weighted by Crippen LogP contribution is 2.09. The van der Waals surface area contributed by atoms with E-state index in [0.29, 0.717) is 23.9 Å². The van der Waals surface area contributed by atoms with Gasteiger partial charge in [0.2, 0.25) is 0 Å². The van der Waals surface area contributed by atoms with Crippen molar-refractivity contribution in [3.05, 3.63) is 29.5 Å². The fraction of sp³-hybridized carbons (Fsp3) is 0.364. The first-order chi connectivity index (χ1) is 9.45. The van der Waals surface area contributed by atoms with E-state index in [-0.39, 0.29) is 6.42 Å². The third-order valence-electron chi connectivity index (χ3n) is 2.68. The van der Waals surface area contributed by atoms with E-state index in [1.807, 2.05) is 0 Å². The second-order valence-electron chi connectivity index (χ2n) is 4.38. The molecule has 0 radical (unpaired) electrons. The van der Waals surface area contributed by atoms with Crippen LogP contribution in [0.4, 0.5) is 5.82 Å². The predicted molar refractivity (Wildman–Crippen MR) is 69.6 cm³/mol. The maximum absolute atomic E-state index is 10.7. The van der Waals surface area contributed by atoms with Crippen LogP contribution in [0.2, 0.25) is 0 Å². The van der Waals surface area contributed by atoms with Gasteiger partial charge in [-0.2, -0.15) is 0 Å². The summed E-state index contributed by atoms with van der Waals surface area (Å²) >= 11 is 0. The molecule has 9 nitrogen and oxygen atoms in total. The lowest BCUT2D eigenvalue weighted by Gasteiger charge is -2.04. The summed E-state index contributed by atoms with van der Waals surface area (Å²) < 4.78 is 1.54. The van der Waals surface area contributed by atoms with E-state index in [1.165, 1.54) is 4.68 Å².